The fourth-order valence-electron chi connectivity index (χ4n) is 2.89. The van der Waals surface area contributed by atoms with Gasteiger partial charge in [-0.25, -0.2) is 0 Å². The maximum atomic E-state index is 12.1. The summed E-state index contributed by atoms with van der Waals surface area (Å²) in [6, 6.07) is 15.9. The van der Waals surface area contributed by atoms with Gasteiger partial charge in [0.25, 0.3) is 5.95 Å². The van der Waals surface area contributed by atoms with Gasteiger partial charge in [0.2, 0.25) is 5.91 Å². The van der Waals surface area contributed by atoms with Crippen LogP contribution in [-0.4, -0.2) is 26.1 Å². The molecule has 25 heavy (non-hydrogen) atoms. The van der Waals surface area contributed by atoms with Crippen molar-refractivity contribution in [3.63, 3.8) is 0 Å². The first-order chi connectivity index (χ1) is 12.2. The van der Waals surface area contributed by atoms with Crippen molar-refractivity contribution in [3.05, 3.63) is 59.7 Å². The summed E-state index contributed by atoms with van der Waals surface area (Å²) in [5.74, 6) is 0.0899. The van der Waals surface area contributed by atoms with Crippen molar-refractivity contribution in [2.24, 2.45) is 0 Å². The number of anilines is 1. The molecule has 0 saturated carbocycles. The first-order valence-corrected chi connectivity index (χ1v) is 8.16. The lowest BCUT2D eigenvalue weighted by Gasteiger charge is -2.03. The van der Waals surface area contributed by atoms with Crippen LogP contribution in [0.25, 0.3) is 22.1 Å². The lowest BCUT2D eigenvalue weighted by molar-refractivity contribution is -0.116. The second-order valence-electron chi connectivity index (χ2n) is 5.99. The number of hydrogen-bond donors (Lipinski definition) is 2. The van der Waals surface area contributed by atoms with E-state index in [0.717, 1.165) is 22.0 Å². The van der Waals surface area contributed by atoms with Crippen molar-refractivity contribution in [1.82, 2.24) is 20.2 Å². The summed E-state index contributed by atoms with van der Waals surface area (Å²) >= 11 is 0. The Morgan fingerprint density at radius 1 is 1.08 bits per heavy atom. The highest BCUT2D eigenvalue weighted by Gasteiger charge is 2.12. The van der Waals surface area contributed by atoms with Gasteiger partial charge >= 0.3 is 0 Å². The molecule has 0 bridgehead atoms. The van der Waals surface area contributed by atoms with Crippen LogP contribution in [0.15, 0.2) is 48.5 Å². The Bertz CT molecular complexity index is 1060. The van der Waals surface area contributed by atoms with E-state index in [4.69, 9.17) is 0 Å². The second kappa shape index (κ2) is 6.32. The highest BCUT2D eigenvalue weighted by atomic mass is 16.1. The monoisotopic (exact) mass is 331 g/mol. The van der Waals surface area contributed by atoms with Gasteiger partial charge < -0.3 is 4.98 Å². The molecule has 0 radical (unpaired) electrons. The average molecular weight is 331 g/mol. The lowest BCUT2D eigenvalue weighted by Crippen LogP contribution is -2.15. The number of amides is 1. The highest BCUT2D eigenvalue weighted by molar-refractivity contribution is 6.04. The summed E-state index contributed by atoms with van der Waals surface area (Å²) in [5.41, 5.74) is 4.56. The van der Waals surface area contributed by atoms with Gasteiger partial charge in [0.15, 0.2) is 5.65 Å². The minimum atomic E-state index is -0.128. The molecule has 4 rings (SSSR count). The molecule has 2 aromatic heterocycles. The fourth-order valence-corrected chi connectivity index (χ4v) is 2.89. The van der Waals surface area contributed by atoms with Crippen molar-refractivity contribution in [2.45, 2.75) is 19.8 Å². The molecule has 0 spiro atoms. The fraction of sp³-hybridized carbons (Fsp3) is 0.158. The van der Waals surface area contributed by atoms with Gasteiger partial charge in [-0.3, -0.25) is 10.1 Å². The number of aryl methyl sites for hydroxylation is 2. The van der Waals surface area contributed by atoms with E-state index in [1.807, 2.05) is 55.5 Å². The van der Waals surface area contributed by atoms with Crippen molar-refractivity contribution >= 4 is 33.9 Å². The standard InChI is InChI=1S/C19H17N5O/c1-12-6-5-9-14-16(12)21-18-17(14)23-24-19(22-18)20-15(25)11-10-13-7-3-2-4-8-13/h2-9H,10-11H2,1H3,(H2,20,21,22,24,25). The van der Waals surface area contributed by atoms with Gasteiger partial charge in [0, 0.05) is 11.8 Å². The molecule has 0 aliphatic rings. The molecule has 0 aliphatic heterocycles. The number of hydrogen-bond acceptors (Lipinski definition) is 4. The Morgan fingerprint density at radius 3 is 2.76 bits per heavy atom. The topological polar surface area (TPSA) is 83.6 Å². The molecule has 4 aromatic rings. The molecule has 0 atom stereocenters. The normalized spacial score (nSPS) is 11.1. The summed E-state index contributed by atoms with van der Waals surface area (Å²) in [4.78, 5) is 19.8. The Labute approximate surface area is 144 Å². The van der Waals surface area contributed by atoms with Crippen LogP contribution in [0.1, 0.15) is 17.5 Å². The zero-order valence-corrected chi connectivity index (χ0v) is 13.8. The van der Waals surface area contributed by atoms with Crippen LogP contribution < -0.4 is 5.32 Å². The molecule has 2 heterocycles. The van der Waals surface area contributed by atoms with E-state index >= 15 is 0 Å². The molecule has 2 N–H and O–H groups in total. The Hall–Kier alpha value is -3.28. The Balaban J connectivity index is 1.52. The van der Waals surface area contributed by atoms with Crippen molar-refractivity contribution in [1.29, 1.82) is 0 Å². The molecule has 1 amide bonds. The SMILES string of the molecule is Cc1cccc2c1[nH]c1nc(NC(=O)CCc3ccccc3)nnc12. The summed E-state index contributed by atoms with van der Waals surface area (Å²) in [6.45, 7) is 2.03. The number of carbonyl (C=O) groups excluding carboxylic acids is 1. The summed E-state index contributed by atoms with van der Waals surface area (Å²) in [5, 5.41) is 12.0. The van der Waals surface area contributed by atoms with Crippen molar-refractivity contribution < 1.29 is 4.79 Å². The van der Waals surface area contributed by atoms with Crippen LogP contribution in [0.3, 0.4) is 0 Å². The average Bonchev–Trinajstić information content (AvgIpc) is 3.00. The number of nitrogens with zero attached hydrogens (tertiary/aromatic N) is 3. The largest absolute Gasteiger partial charge is 0.337 e. The van der Waals surface area contributed by atoms with Gasteiger partial charge in [-0.15, -0.1) is 10.2 Å². The summed E-state index contributed by atoms with van der Waals surface area (Å²) in [6.07, 6.45) is 1.05. The number of nitrogens with one attached hydrogen (secondary N) is 2. The third-order valence-electron chi connectivity index (χ3n) is 4.19. The van der Waals surface area contributed by atoms with E-state index in [2.05, 4.69) is 25.5 Å². The van der Waals surface area contributed by atoms with Crippen LogP contribution >= 0.6 is 0 Å². The molecule has 6 nitrogen and oxygen atoms in total. The van der Waals surface area contributed by atoms with Crippen LogP contribution in [0.4, 0.5) is 5.95 Å². The summed E-state index contributed by atoms with van der Waals surface area (Å²) in [7, 11) is 0. The van der Waals surface area contributed by atoms with Gasteiger partial charge in [-0.2, -0.15) is 4.98 Å². The van der Waals surface area contributed by atoms with E-state index in [0.29, 0.717) is 24.0 Å². The molecule has 0 unspecified atom stereocenters. The van der Waals surface area contributed by atoms with Crippen LogP contribution in [-0.2, 0) is 11.2 Å². The van der Waals surface area contributed by atoms with Crippen LogP contribution in [0.5, 0.6) is 0 Å². The second-order valence-corrected chi connectivity index (χ2v) is 5.99. The number of rotatable bonds is 4. The number of H-pyrrole nitrogens is 1. The number of para-hydroxylation sites is 1. The first-order valence-electron chi connectivity index (χ1n) is 8.16. The summed E-state index contributed by atoms with van der Waals surface area (Å²) < 4.78 is 0. The third kappa shape index (κ3) is 3.06. The quantitative estimate of drug-likeness (QED) is 0.600. The smallest absolute Gasteiger partial charge is 0.251 e. The van der Waals surface area contributed by atoms with Gasteiger partial charge in [0.05, 0.1) is 5.52 Å². The van der Waals surface area contributed by atoms with Crippen molar-refractivity contribution in [3.8, 4) is 0 Å². The molecule has 2 aromatic carbocycles. The predicted molar refractivity (Wildman–Crippen MR) is 97.3 cm³/mol. The van der Waals surface area contributed by atoms with Gasteiger partial charge in [-0.1, -0.05) is 48.5 Å². The van der Waals surface area contributed by atoms with E-state index in [-0.39, 0.29) is 11.9 Å². The van der Waals surface area contributed by atoms with Crippen LogP contribution in [0.2, 0.25) is 0 Å². The van der Waals surface area contributed by atoms with Crippen LogP contribution in [0, 0.1) is 6.92 Å². The molecule has 0 saturated heterocycles. The molecule has 0 aliphatic carbocycles. The minimum absolute atomic E-state index is 0.128. The van der Waals surface area contributed by atoms with Gasteiger partial charge in [0.1, 0.15) is 5.52 Å². The minimum Gasteiger partial charge on any atom is -0.337 e. The Morgan fingerprint density at radius 2 is 1.92 bits per heavy atom. The number of carbonyl (C=O) groups is 1. The van der Waals surface area contributed by atoms with E-state index in [9.17, 15) is 4.79 Å². The molecular formula is C19H17N5O. The van der Waals surface area contributed by atoms with E-state index in [1.54, 1.807) is 0 Å². The molecular weight excluding hydrogens is 314 g/mol. The first kappa shape index (κ1) is 15.3. The molecule has 6 heteroatoms. The number of benzene rings is 2. The zero-order valence-electron chi connectivity index (χ0n) is 13.8. The number of fused-ring (bicyclic) bond motifs is 3. The maximum absolute atomic E-state index is 12.1. The third-order valence-corrected chi connectivity index (χ3v) is 4.19. The number of aromatic amines is 1. The predicted octanol–water partition coefficient (Wildman–Crippen LogP) is 3.39. The maximum Gasteiger partial charge on any atom is 0.251 e. The van der Waals surface area contributed by atoms with Gasteiger partial charge in [-0.05, 0) is 24.5 Å². The van der Waals surface area contributed by atoms with E-state index in [1.165, 1.54) is 0 Å². The number of aromatic nitrogens is 4. The van der Waals surface area contributed by atoms with Crippen molar-refractivity contribution in [2.75, 3.05) is 5.32 Å². The highest BCUT2D eigenvalue weighted by Crippen LogP contribution is 2.24. The van der Waals surface area contributed by atoms with E-state index < -0.39 is 0 Å². The lowest BCUT2D eigenvalue weighted by atomic mass is 10.1. The molecule has 0 fully saturated rings. The zero-order chi connectivity index (χ0) is 17.2. The Kier molecular flexibility index (Phi) is 3.85. The molecule has 124 valence electrons.